The summed E-state index contributed by atoms with van der Waals surface area (Å²) >= 11 is 0. The predicted molar refractivity (Wildman–Crippen MR) is 110 cm³/mol. The molecule has 0 spiro atoms. The molecule has 0 bridgehead atoms. The zero-order valence-corrected chi connectivity index (χ0v) is 17.5. The molecule has 0 saturated carbocycles. The molecule has 0 N–H and O–H groups in total. The highest BCUT2D eigenvalue weighted by Gasteiger charge is 2.01. The second-order valence-electron chi connectivity index (χ2n) is 8.26. The van der Waals surface area contributed by atoms with Gasteiger partial charge in [0.2, 0.25) is 6.33 Å². The highest BCUT2D eigenvalue weighted by molar-refractivity contribution is 4.64. The fourth-order valence-corrected chi connectivity index (χ4v) is 3.55. The van der Waals surface area contributed by atoms with Crippen molar-refractivity contribution in [1.29, 1.82) is 0 Å². The Hall–Kier alpha value is -0.790. The number of imidazole rings is 1. The van der Waals surface area contributed by atoms with Gasteiger partial charge < -0.3 is 0 Å². The molecule has 25 heavy (non-hydrogen) atoms. The average Bonchev–Trinajstić information content (AvgIpc) is 3.06. The Morgan fingerprint density at radius 3 is 1.64 bits per heavy atom. The maximum Gasteiger partial charge on any atom is 0.243 e. The van der Waals surface area contributed by atoms with Crippen molar-refractivity contribution in [3.8, 4) is 0 Å². The molecule has 0 radical (unpaired) electrons. The molecule has 1 rings (SSSR count). The zero-order chi connectivity index (χ0) is 18.2. The smallest absolute Gasteiger partial charge is 0.237 e. The molecule has 1 aromatic heterocycles. The van der Waals surface area contributed by atoms with Crippen molar-refractivity contribution in [2.45, 2.75) is 124 Å². The molecular formula is C23H45N2+. The molecule has 0 aliphatic heterocycles. The van der Waals surface area contributed by atoms with Crippen LogP contribution in [0.25, 0.3) is 0 Å². The Kier molecular flexibility index (Phi) is 13.8. The largest absolute Gasteiger partial charge is 0.243 e. The van der Waals surface area contributed by atoms with Crippen molar-refractivity contribution >= 4 is 0 Å². The van der Waals surface area contributed by atoms with Gasteiger partial charge in [0.1, 0.15) is 12.4 Å². The van der Waals surface area contributed by atoms with Gasteiger partial charge in [-0.1, -0.05) is 90.9 Å². The molecule has 0 aliphatic rings. The van der Waals surface area contributed by atoms with Gasteiger partial charge in [-0.05, 0) is 25.7 Å². The normalized spacial score (nSPS) is 11.5. The molecule has 0 aromatic carbocycles. The van der Waals surface area contributed by atoms with Gasteiger partial charge in [-0.2, -0.15) is 0 Å². The van der Waals surface area contributed by atoms with Crippen molar-refractivity contribution in [1.82, 2.24) is 4.57 Å². The van der Waals surface area contributed by atoms with Crippen LogP contribution in [-0.2, 0) is 13.1 Å². The monoisotopic (exact) mass is 349 g/mol. The van der Waals surface area contributed by atoms with Crippen LogP contribution in [0.15, 0.2) is 18.7 Å². The third kappa shape index (κ3) is 13.1. The van der Waals surface area contributed by atoms with Crippen LogP contribution in [0.2, 0.25) is 0 Å². The molecule has 1 heterocycles. The van der Waals surface area contributed by atoms with Crippen LogP contribution < -0.4 is 4.57 Å². The third-order valence-electron chi connectivity index (χ3n) is 5.31. The first-order valence-electron chi connectivity index (χ1n) is 11.3. The molecule has 0 amide bonds. The minimum atomic E-state index is 0.891. The lowest BCUT2D eigenvalue weighted by atomic mass is 10.0. The minimum Gasteiger partial charge on any atom is -0.237 e. The van der Waals surface area contributed by atoms with Gasteiger partial charge in [-0.15, -0.1) is 0 Å². The van der Waals surface area contributed by atoms with Crippen LogP contribution in [0.3, 0.4) is 0 Å². The molecule has 0 aliphatic carbocycles. The summed E-state index contributed by atoms with van der Waals surface area (Å²) in [6, 6.07) is 0. The standard InChI is InChI=1S/C23H45N2/c1-4-24-20-21-25(22-24)19-17-15-13-11-9-7-5-6-8-10-12-14-16-18-23(2)3/h20-23H,4-19H2,1-3H3/q+1. The fraction of sp³-hybridized carbons (Fsp3) is 0.870. The van der Waals surface area contributed by atoms with Gasteiger partial charge in [0.05, 0.1) is 13.1 Å². The van der Waals surface area contributed by atoms with E-state index in [0.29, 0.717) is 0 Å². The van der Waals surface area contributed by atoms with Crippen LogP contribution in [-0.4, -0.2) is 4.57 Å². The second-order valence-corrected chi connectivity index (χ2v) is 8.26. The van der Waals surface area contributed by atoms with Gasteiger partial charge in [0.15, 0.2) is 0 Å². The van der Waals surface area contributed by atoms with E-state index in [9.17, 15) is 0 Å². The number of hydrogen-bond acceptors (Lipinski definition) is 0. The molecule has 1 aromatic rings. The summed E-state index contributed by atoms with van der Waals surface area (Å²) in [6.07, 6.45) is 26.7. The fourth-order valence-electron chi connectivity index (χ4n) is 3.55. The van der Waals surface area contributed by atoms with E-state index in [1.165, 1.54) is 96.4 Å². The Morgan fingerprint density at radius 1 is 0.720 bits per heavy atom. The number of aromatic nitrogens is 2. The maximum absolute atomic E-state index is 2.34. The minimum absolute atomic E-state index is 0.891. The first-order chi connectivity index (χ1) is 12.2. The number of unbranched alkanes of at least 4 members (excludes halogenated alkanes) is 12. The summed E-state index contributed by atoms with van der Waals surface area (Å²) in [4.78, 5) is 0. The summed E-state index contributed by atoms with van der Waals surface area (Å²) in [5, 5.41) is 0. The summed E-state index contributed by atoms with van der Waals surface area (Å²) < 4.78 is 4.57. The lowest BCUT2D eigenvalue weighted by molar-refractivity contribution is -0.696. The second kappa shape index (κ2) is 15.5. The molecular weight excluding hydrogens is 304 g/mol. The van der Waals surface area contributed by atoms with Gasteiger partial charge in [0.25, 0.3) is 0 Å². The van der Waals surface area contributed by atoms with E-state index in [-0.39, 0.29) is 0 Å². The van der Waals surface area contributed by atoms with Gasteiger partial charge in [-0.3, -0.25) is 0 Å². The summed E-state index contributed by atoms with van der Waals surface area (Å²) in [6.45, 7) is 9.13. The van der Waals surface area contributed by atoms with E-state index < -0.39 is 0 Å². The number of hydrogen-bond donors (Lipinski definition) is 0. The Morgan fingerprint density at radius 2 is 1.20 bits per heavy atom. The SMILES string of the molecule is CCn1cc[n+](CCCCCCCCCCCCCCCC(C)C)c1. The van der Waals surface area contributed by atoms with Crippen molar-refractivity contribution in [3.63, 3.8) is 0 Å². The molecule has 0 unspecified atom stereocenters. The first kappa shape index (κ1) is 22.3. The number of rotatable bonds is 17. The van der Waals surface area contributed by atoms with Crippen molar-refractivity contribution in [2.24, 2.45) is 5.92 Å². The van der Waals surface area contributed by atoms with E-state index in [1.807, 2.05) is 0 Å². The summed E-state index contributed by atoms with van der Waals surface area (Å²) in [5.74, 6) is 0.891. The van der Waals surface area contributed by atoms with Crippen LogP contribution in [0.1, 0.15) is 111 Å². The van der Waals surface area contributed by atoms with E-state index in [0.717, 1.165) is 12.5 Å². The highest BCUT2D eigenvalue weighted by Crippen LogP contribution is 2.14. The van der Waals surface area contributed by atoms with E-state index in [1.54, 1.807) is 0 Å². The van der Waals surface area contributed by atoms with Crippen LogP contribution in [0.4, 0.5) is 0 Å². The van der Waals surface area contributed by atoms with E-state index in [4.69, 9.17) is 0 Å². The van der Waals surface area contributed by atoms with E-state index in [2.05, 4.69) is 48.6 Å². The number of nitrogens with zero attached hydrogens (tertiary/aromatic N) is 2. The third-order valence-corrected chi connectivity index (χ3v) is 5.31. The zero-order valence-electron chi connectivity index (χ0n) is 17.5. The summed E-state index contributed by atoms with van der Waals surface area (Å²) in [7, 11) is 0. The van der Waals surface area contributed by atoms with Gasteiger partial charge in [0, 0.05) is 0 Å². The molecule has 146 valence electrons. The lowest BCUT2D eigenvalue weighted by Gasteiger charge is -2.05. The van der Waals surface area contributed by atoms with Crippen LogP contribution in [0, 0.1) is 5.92 Å². The molecule has 0 fully saturated rings. The van der Waals surface area contributed by atoms with Gasteiger partial charge >= 0.3 is 0 Å². The molecule has 2 nitrogen and oxygen atoms in total. The Balaban J connectivity index is 1.74. The van der Waals surface area contributed by atoms with Crippen LogP contribution in [0.5, 0.6) is 0 Å². The quantitative estimate of drug-likeness (QED) is 0.213. The van der Waals surface area contributed by atoms with Gasteiger partial charge in [-0.25, -0.2) is 9.13 Å². The number of aryl methyl sites for hydroxylation is 2. The molecule has 2 heteroatoms. The lowest BCUT2D eigenvalue weighted by Crippen LogP contribution is -2.30. The topological polar surface area (TPSA) is 8.81 Å². The molecule has 0 atom stereocenters. The Labute approximate surface area is 158 Å². The Bertz CT molecular complexity index is 395. The average molecular weight is 350 g/mol. The maximum atomic E-state index is 2.34. The van der Waals surface area contributed by atoms with Crippen molar-refractivity contribution in [2.75, 3.05) is 0 Å². The van der Waals surface area contributed by atoms with E-state index >= 15 is 0 Å². The highest BCUT2D eigenvalue weighted by atomic mass is 15.1. The van der Waals surface area contributed by atoms with Crippen LogP contribution >= 0.6 is 0 Å². The summed E-state index contributed by atoms with van der Waals surface area (Å²) in [5.41, 5.74) is 0. The molecule has 0 saturated heterocycles. The van der Waals surface area contributed by atoms with Crippen molar-refractivity contribution in [3.05, 3.63) is 18.7 Å². The van der Waals surface area contributed by atoms with Crippen molar-refractivity contribution < 1.29 is 4.57 Å². The first-order valence-corrected chi connectivity index (χ1v) is 11.3. The predicted octanol–water partition coefficient (Wildman–Crippen LogP) is 6.91.